The topological polar surface area (TPSA) is 26.9 Å². The summed E-state index contributed by atoms with van der Waals surface area (Å²) < 4.78 is 0.839. The van der Waals surface area contributed by atoms with Crippen LogP contribution in [0.25, 0.3) is 11.3 Å². The van der Waals surface area contributed by atoms with Crippen LogP contribution in [-0.4, -0.2) is 0 Å². The molecule has 74 valence electrons. The number of hydrogen-bond donors (Lipinski definition) is 0. The second-order valence-corrected chi connectivity index (χ2v) is 2.69. The Morgan fingerprint density at radius 2 is 1.86 bits per heavy atom. The summed E-state index contributed by atoms with van der Waals surface area (Å²) in [7, 11) is 0. The molecule has 0 bridgehead atoms. The molecule has 0 aliphatic heterocycles. The van der Waals surface area contributed by atoms with Crippen molar-refractivity contribution in [3.8, 4) is 11.3 Å². The van der Waals surface area contributed by atoms with Gasteiger partial charge in [-0.15, -0.1) is 30.3 Å². The maximum absolute atomic E-state index is 11.3. The van der Waals surface area contributed by atoms with Crippen LogP contribution < -0.4 is 4.73 Å². The number of pyridine rings is 1. The van der Waals surface area contributed by atoms with Gasteiger partial charge in [0.15, 0.2) is 6.20 Å². The molecular weight excluding hydrogens is 357 g/mol. The fourth-order valence-corrected chi connectivity index (χ4v) is 1.19. The van der Waals surface area contributed by atoms with E-state index in [-0.39, 0.29) is 21.1 Å². The maximum atomic E-state index is 11.3. The van der Waals surface area contributed by atoms with Gasteiger partial charge in [0.05, 0.1) is 0 Å². The normalized spacial score (nSPS) is 9.14. The molecular formula is C11H8NOPt-. The van der Waals surface area contributed by atoms with Crippen LogP contribution >= 0.6 is 0 Å². The van der Waals surface area contributed by atoms with Gasteiger partial charge >= 0.3 is 0 Å². The van der Waals surface area contributed by atoms with E-state index in [2.05, 4.69) is 6.07 Å². The average molecular weight is 365 g/mol. The number of nitrogens with zero attached hydrogens (tertiary/aromatic N) is 1. The van der Waals surface area contributed by atoms with Gasteiger partial charge in [0.2, 0.25) is 0 Å². The van der Waals surface area contributed by atoms with Crippen molar-refractivity contribution in [1.82, 2.24) is 0 Å². The van der Waals surface area contributed by atoms with Crippen molar-refractivity contribution in [2.75, 3.05) is 0 Å². The quantitative estimate of drug-likeness (QED) is 0.430. The zero-order valence-corrected chi connectivity index (χ0v) is 9.56. The Kier molecular flexibility index (Phi) is 3.84. The van der Waals surface area contributed by atoms with Crippen molar-refractivity contribution in [2.24, 2.45) is 0 Å². The predicted octanol–water partition coefficient (Wildman–Crippen LogP) is 1.78. The van der Waals surface area contributed by atoms with Crippen molar-refractivity contribution in [2.45, 2.75) is 0 Å². The zero-order chi connectivity index (χ0) is 9.10. The molecule has 0 aliphatic rings. The van der Waals surface area contributed by atoms with Gasteiger partial charge in [0, 0.05) is 27.1 Å². The van der Waals surface area contributed by atoms with Crippen LogP contribution in [0.5, 0.6) is 0 Å². The van der Waals surface area contributed by atoms with Crippen LogP contribution in [0.1, 0.15) is 0 Å². The largest absolute Gasteiger partial charge is 0.627 e. The van der Waals surface area contributed by atoms with Gasteiger partial charge in [-0.2, -0.15) is 0 Å². The van der Waals surface area contributed by atoms with Crippen LogP contribution in [0.2, 0.25) is 0 Å². The third-order valence-corrected chi connectivity index (χ3v) is 1.81. The Balaban J connectivity index is 0.000000980. The molecule has 0 N–H and O–H groups in total. The smallest absolute Gasteiger partial charge is 0.171 e. The van der Waals surface area contributed by atoms with Crippen molar-refractivity contribution in [1.29, 1.82) is 0 Å². The summed E-state index contributed by atoms with van der Waals surface area (Å²) in [5, 5.41) is 11.3. The summed E-state index contributed by atoms with van der Waals surface area (Å²) in [6.07, 6.45) is 1.48. The van der Waals surface area contributed by atoms with Gasteiger partial charge in [-0.25, -0.2) is 4.73 Å². The molecule has 0 atom stereocenters. The van der Waals surface area contributed by atoms with E-state index in [1.807, 2.05) is 24.3 Å². The van der Waals surface area contributed by atoms with E-state index < -0.39 is 0 Å². The number of rotatable bonds is 1. The SMILES string of the molecule is [O-][n+]1ccccc1-c1[c-]cccc1.[Pt]. The first kappa shape index (κ1) is 10.9. The summed E-state index contributed by atoms with van der Waals surface area (Å²) in [6.45, 7) is 0. The van der Waals surface area contributed by atoms with Crippen molar-refractivity contribution in [3.63, 3.8) is 0 Å². The molecule has 1 aromatic heterocycles. The fourth-order valence-electron chi connectivity index (χ4n) is 1.19. The molecule has 2 rings (SSSR count). The van der Waals surface area contributed by atoms with Gasteiger partial charge < -0.3 is 5.21 Å². The van der Waals surface area contributed by atoms with E-state index in [9.17, 15) is 5.21 Å². The third kappa shape index (κ3) is 2.21. The maximum Gasteiger partial charge on any atom is 0.171 e. The van der Waals surface area contributed by atoms with E-state index >= 15 is 0 Å². The first-order valence-electron chi connectivity index (χ1n) is 4.03. The number of benzene rings is 1. The predicted molar refractivity (Wildman–Crippen MR) is 49.7 cm³/mol. The molecule has 0 amide bonds. The van der Waals surface area contributed by atoms with E-state index in [1.54, 1.807) is 18.2 Å². The van der Waals surface area contributed by atoms with Gasteiger partial charge in [-0.1, -0.05) is 11.6 Å². The van der Waals surface area contributed by atoms with Crippen LogP contribution in [0, 0.1) is 11.3 Å². The first-order chi connectivity index (χ1) is 6.38. The van der Waals surface area contributed by atoms with E-state index in [4.69, 9.17) is 0 Å². The first-order valence-corrected chi connectivity index (χ1v) is 4.03. The number of aromatic nitrogens is 1. The molecule has 0 fully saturated rings. The van der Waals surface area contributed by atoms with Crippen LogP contribution in [0.4, 0.5) is 0 Å². The Hall–Kier alpha value is -1.14. The zero-order valence-electron chi connectivity index (χ0n) is 7.29. The Morgan fingerprint density at radius 1 is 1.07 bits per heavy atom. The molecule has 0 spiro atoms. The molecule has 0 saturated heterocycles. The van der Waals surface area contributed by atoms with Gasteiger partial charge in [0.25, 0.3) is 0 Å². The summed E-state index contributed by atoms with van der Waals surface area (Å²) in [6, 6.07) is 15.8. The fraction of sp³-hybridized carbons (Fsp3) is 0. The molecule has 0 saturated carbocycles. The molecule has 3 heteroatoms. The molecule has 2 nitrogen and oxygen atoms in total. The summed E-state index contributed by atoms with van der Waals surface area (Å²) in [4.78, 5) is 0. The molecule has 0 unspecified atom stereocenters. The van der Waals surface area contributed by atoms with Crippen LogP contribution in [0.3, 0.4) is 0 Å². The minimum atomic E-state index is 0. The van der Waals surface area contributed by atoms with Crippen LogP contribution in [0.15, 0.2) is 48.7 Å². The van der Waals surface area contributed by atoms with Crippen LogP contribution in [-0.2, 0) is 21.1 Å². The molecule has 0 aliphatic carbocycles. The molecule has 0 radical (unpaired) electrons. The molecule has 14 heavy (non-hydrogen) atoms. The number of hydrogen-bond acceptors (Lipinski definition) is 1. The van der Waals surface area contributed by atoms with Gasteiger partial charge in [-0.05, 0) is 6.07 Å². The Morgan fingerprint density at radius 3 is 2.50 bits per heavy atom. The molecule has 2 aromatic rings. The Labute approximate surface area is 97.1 Å². The van der Waals surface area contributed by atoms with Crippen molar-refractivity contribution < 1.29 is 25.8 Å². The summed E-state index contributed by atoms with van der Waals surface area (Å²) >= 11 is 0. The minimum absolute atomic E-state index is 0. The van der Waals surface area contributed by atoms with Crippen molar-refractivity contribution >= 4 is 0 Å². The monoisotopic (exact) mass is 365 g/mol. The standard InChI is InChI=1S/C11H8NO.Pt/c13-12-9-5-4-8-11(12)10-6-2-1-3-7-10;/h1-6,8-9H;/q-1;. The molecule has 1 aromatic carbocycles. The van der Waals surface area contributed by atoms with E-state index in [1.165, 1.54) is 6.20 Å². The van der Waals surface area contributed by atoms with E-state index in [0.717, 1.165) is 10.3 Å². The van der Waals surface area contributed by atoms with Crippen molar-refractivity contribution in [3.05, 3.63) is 59.9 Å². The van der Waals surface area contributed by atoms with Gasteiger partial charge in [0.1, 0.15) is 5.69 Å². The third-order valence-electron chi connectivity index (χ3n) is 1.81. The Bertz CT molecular complexity index is 403. The van der Waals surface area contributed by atoms with E-state index in [0.29, 0.717) is 5.69 Å². The summed E-state index contributed by atoms with van der Waals surface area (Å²) in [5.41, 5.74) is 1.45. The average Bonchev–Trinajstić information content (AvgIpc) is 2.20. The summed E-state index contributed by atoms with van der Waals surface area (Å²) in [5.74, 6) is 0. The van der Waals surface area contributed by atoms with Gasteiger partial charge in [-0.3, -0.25) is 0 Å². The minimum Gasteiger partial charge on any atom is -0.627 e. The molecule has 1 heterocycles. The second kappa shape index (κ2) is 4.92. The second-order valence-electron chi connectivity index (χ2n) is 2.69.